The maximum Gasteiger partial charge on any atom is 0.319 e. The van der Waals surface area contributed by atoms with Crippen LogP contribution in [-0.4, -0.2) is 62.7 Å². The van der Waals surface area contributed by atoms with Gasteiger partial charge in [-0.2, -0.15) is 9.97 Å². The number of aromatic hydroxyl groups is 1. The van der Waals surface area contributed by atoms with Crippen LogP contribution in [0, 0.1) is 11.6 Å². The van der Waals surface area contributed by atoms with E-state index in [0.717, 1.165) is 6.42 Å². The summed E-state index contributed by atoms with van der Waals surface area (Å²) in [5, 5.41) is 22.6. The number of phenols is 1. The Morgan fingerprint density at radius 3 is 2.74 bits per heavy atom. The van der Waals surface area contributed by atoms with Gasteiger partial charge in [0.25, 0.3) is 0 Å². The number of aryl methyl sites for hydroxylation is 1. The Kier molecular flexibility index (Phi) is 6.27. The SMILES string of the molecule is CCc1c(F)ccc2cc(O)cc(-c3ncc4c(N5CCCC(C)(O)C5)nc(OCC5OC5C)nc4c3F)c12. The molecular weight excluding hydrogens is 506 g/mol. The van der Waals surface area contributed by atoms with Crippen molar-refractivity contribution in [1.29, 1.82) is 0 Å². The highest BCUT2D eigenvalue weighted by molar-refractivity contribution is 6.01. The average Bonchev–Trinajstić information content (AvgIpc) is 3.61. The zero-order chi connectivity index (χ0) is 27.5. The molecule has 10 heteroatoms. The van der Waals surface area contributed by atoms with Crippen molar-refractivity contribution in [3.05, 3.63) is 47.7 Å². The van der Waals surface area contributed by atoms with Gasteiger partial charge in [0.15, 0.2) is 5.82 Å². The van der Waals surface area contributed by atoms with Crippen LogP contribution in [0.15, 0.2) is 30.5 Å². The molecule has 0 spiro atoms. The summed E-state index contributed by atoms with van der Waals surface area (Å²) in [4.78, 5) is 15.3. The molecule has 3 unspecified atom stereocenters. The molecule has 6 rings (SSSR count). The van der Waals surface area contributed by atoms with Gasteiger partial charge in [-0.1, -0.05) is 13.0 Å². The number of aliphatic hydroxyl groups is 1. The van der Waals surface area contributed by atoms with E-state index < -0.39 is 17.2 Å². The standard InChI is InChI=1S/C29H30F2N4O4/c1-4-18-21(30)7-6-16-10-17(36)11-19(23(16)18)25-24(31)26-20(12-32-25)27(35-9-5-8-29(3,37)14-35)34-28(33-26)38-13-22-15(2)39-22/h6-7,10-12,15,22,36-37H,4-5,8-9,13-14H2,1-3H3. The highest BCUT2D eigenvalue weighted by atomic mass is 19.1. The molecule has 2 aliphatic rings. The van der Waals surface area contributed by atoms with Gasteiger partial charge in [0.05, 0.1) is 17.1 Å². The van der Waals surface area contributed by atoms with Gasteiger partial charge >= 0.3 is 6.01 Å². The van der Waals surface area contributed by atoms with Crippen LogP contribution in [0.1, 0.15) is 39.2 Å². The summed E-state index contributed by atoms with van der Waals surface area (Å²) >= 11 is 0. The number of pyridine rings is 1. The monoisotopic (exact) mass is 536 g/mol. The highest BCUT2D eigenvalue weighted by Gasteiger charge is 2.36. The Bertz CT molecular complexity index is 1600. The molecule has 2 aliphatic heterocycles. The smallest absolute Gasteiger partial charge is 0.319 e. The molecule has 3 atom stereocenters. The van der Waals surface area contributed by atoms with Gasteiger partial charge in [0, 0.05) is 24.8 Å². The van der Waals surface area contributed by atoms with Crippen LogP contribution in [-0.2, 0) is 11.2 Å². The Morgan fingerprint density at radius 1 is 1.23 bits per heavy atom. The first-order valence-electron chi connectivity index (χ1n) is 13.2. The van der Waals surface area contributed by atoms with Crippen LogP contribution in [0.5, 0.6) is 11.8 Å². The van der Waals surface area contributed by atoms with E-state index in [1.807, 2.05) is 18.7 Å². The zero-order valence-electron chi connectivity index (χ0n) is 22.0. The lowest BCUT2D eigenvalue weighted by Gasteiger charge is -2.37. The van der Waals surface area contributed by atoms with Crippen LogP contribution in [0.4, 0.5) is 14.6 Å². The number of hydrogen-bond donors (Lipinski definition) is 2. The van der Waals surface area contributed by atoms with E-state index >= 15 is 4.39 Å². The van der Waals surface area contributed by atoms with E-state index in [9.17, 15) is 14.6 Å². The molecule has 0 aliphatic carbocycles. The largest absolute Gasteiger partial charge is 0.508 e. The summed E-state index contributed by atoms with van der Waals surface area (Å²) in [6, 6.07) is 5.80. The zero-order valence-corrected chi connectivity index (χ0v) is 22.0. The number of rotatable bonds is 6. The van der Waals surface area contributed by atoms with E-state index in [-0.39, 0.29) is 47.3 Å². The Hall–Kier alpha value is -3.63. The third-order valence-corrected chi connectivity index (χ3v) is 7.59. The van der Waals surface area contributed by atoms with Crippen molar-refractivity contribution in [3.8, 4) is 23.0 Å². The van der Waals surface area contributed by atoms with E-state index in [1.54, 1.807) is 13.0 Å². The van der Waals surface area contributed by atoms with Crippen molar-refractivity contribution in [3.63, 3.8) is 0 Å². The number of ether oxygens (including phenoxy) is 2. The quantitative estimate of drug-likeness (QED) is 0.335. The molecule has 4 heterocycles. The fraction of sp³-hybridized carbons (Fsp3) is 0.414. The van der Waals surface area contributed by atoms with Gasteiger partial charge < -0.3 is 24.6 Å². The molecule has 0 amide bonds. The van der Waals surface area contributed by atoms with Gasteiger partial charge in [-0.05, 0) is 67.6 Å². The predicted octanol–water partition coefficient (Wildman–Crippen LogP) is 4.91. The lowest BCUT2D eigenvalue weighted by Crippen LogP contribution is -2.46. The number of epoxide rings is 1. The van der Waals surface area contributed by atoms with Gasteiger partial charge in [-0.15, -0.1) is 0 Å². The third-order valence-electron chi connectivity index (χ3n) is 7.59. The molecule has 204 valence electrons. The summed E-state index contributed by atoms with van der Waals surface area (Å²) in [6.07, 6.45) is 3.23. The summed E-state index contributed by atoms with van der Waals surface area (Å²) in [5.74, 6) is -0.821. The number of phenolic OH excluding ortho intramolecular Hbond substituents is 1. The maximum atomic E-state index is 16.4. The molecule has 39 heavy (non-hydrogen) atoms. The van der Waals surface area contributed by atoms with Crippen LogP contribution >= 0.6 is 0 Å². The number of β-amino-alcohol motifs (C(OH)–C–C–N with tert-alkyl or cyclic N) is 1. The van der Waals surface area contributed by atoms with E-state index in [2.05, 4.69) is 15.0 Å². The second-order valence-corrected chi connectivity index (χ2v) is 10.7. The fourth-order valence-corrected chi connectivity index (χ4v) is 5.51. The molecule has 2 aromatic carbocycles. The minimum Gasteiger partial charge on any atom is -0.508 e. The van der Waals surface area contributed by atoms with Crippen LogP contribution in [0.2, 0.25) is 0 Å². The van der Waals surface area contributed by atoms with Gasteiger partial charge in [0.2, 0.25) is 0 Å². The summed E-state index contributed by atoms with van der Waals surface area (Å²) in [6.45, 7) is 6.66. The first kappa shape index (κ1) is 25.6. The second kappa shape index (κ2) is 9.53. The topological polar surface area (TPSA) is 104 Å². The van der Waals surface area contributed by atoms with E-state index in [4.69, 9.17) is 9.47 Å². The Labute approximate surface area is 224 Å². The van der Waals surface area contributed by atoms with Gasteiger partial charge in [-0.25, -0.2) is 8.78 Å². The molecule has 2 fully saturated rings. The summed E-state index contributed by atoms with van der Waals surface area (Å²) in [5.41, 5.74) is -0.333. The minimum atomic E-state index is -0.930. The molecule has 4 aromatic rings. The number of benzene rings is 2. The number of piperidine rings is 1. The van der Waals surface area contributed by atoms with Crippen molar-refractivity contribution >= 4 is 27.5 Å². The van der Waals surface area contributed by atoms with E-state index in [0.29, 0.717) is 53.5 Å². The minimum absolute atomic E-state index is 0.0116. The maximum absolute atomic E-state index is 16.4. The Balaban J connectivity index is 1.55. The highest BCUT2D eigenvalue weighted by Crippen LogP contribution is 2.39. The number of anilines is 1. The van der Waals surface area contributed by atoms with Crippen molar-refractivity contribution in [2.24, 2.45) is 0 Å². The number of aromatic nitrogens is 3. The molecular formula is C29H30F2N4O4. The predicted molar refractivity (Wildman–Crippen MR) is 143 cm³/mol. The summed E-state index contributed by atoms with van der Waals surface area (Å²) < 4.78 is 42.4. The van der Waals surface area contributed by atoms with Crippen molar-refractivity contribution in [1.82, 2.24) is 15.0 Å². The molecule has 2 aromatic heterocycles. The van der Waals surface area contributed by atoms with Gasteiger partial charge in [0.1, 0.15) is 41.3 Å². The van der Waals surface area contributed by atoms with Crippen LogP contribution in [0.25, 0.3) is 32.9 Å². The average molecular weight is 537 g/mol. The molecule has 2 N–H and O–H groups in total. The number of nitrogens with zero attached hydrogens (tertiary/aromatic N) is 4. The number of halogens is 2. The molecule has 0 saturated carbocycles. The molecule has 2 saturated heterocycles. The fourth-order valence-electron chi connectivity index (χ4n) is 5.51. The number of hydrogen-bond acceptors (Lipinski definition) is 8. The lowest BCUT2D eigenvalue weighted by molar-refractivity contribution is 0.0447. The van der Waals surface area contributed by atoms with Crippen molar-refractivity contribution in [2.75, 3.05) is 24.6 Å². The lowest BCUT2D eigenvalue weighted by atomic mass is 9.94. The molecule has 0 radical (unpaired) electrons. The van der Waals surface area contributed by atoms with Crippen molar-refractivity contribution < 1.29 is 28.5 Å². The molecule has 0 bridgehead atoms. The first-order valence-corrected chi connectivity index (χ1v) is 13.2. The summed E-state index contributed by atoms with van der Waals surface area (Å²) in [7, 11) is 0. The van der Waals surface area contributed by atoms with Crippen LogP contribution < -0.4 is 9.64 Å². The normalized spacial score (nSPS) is 23.0. The second-order valence-electron chi connectivity index (χ2n) is 10.7. The van der Waals surface area contributed by atoms with Gasteiger partial charge in [-0.3, -0.25) is 4.98 Å². The molecule has 8 nitrogen and oxygen atoms in total. The number of fused-ring (bicyclic) bond motifs is 2. The first-order chi connectivity index (χ1) is 18.6. The van der Waals surface area contributed by atoms with Crippen LogP contribution in [0.3, 0.4) is 0 Å². The van der Waals surface area contributed by atoms with E-state index in [1.165, 1.54) is 24.4 Å². The Morgan fingerprint density at radius 2 is 2.03 bits per heavy atom. The third kappa shape index (κ3) is 4.72. The van der Waals surface area contributed by atoms with Crippen molar-refractivity contribution in [2.45, 2.75) is 57.8 Å².